The van der Waals surface area contributed by atoms with Crippen LogP contribution in [0.15, 0.2) is 27.2 Å². The first-order chi connectivity index (χ1) is 8.61. The smallest absolute Gasteiger partial charge is 0.246 e. The molecule has 2 N–H and O–H groups in total. The summed E-state index contributed by atoms with van der Waals surface area (Å²) in [5.74, 6) is 0.295. The van der Waals surface area contributed by atoms with Crippen molar-refractivity contribution >= 4 is 15.9 Å². The van der Waals surface area contributed by atoms with E-state index in [4.69, 9.17) is 15.0 Å². The van der Waals surface area contributed by atoms with E-state index in [1.807, 2.05) is 0 Å². The van der Waals surface area contributed by atoms with E-state index >= 15 is 0 Å². The number of methoxy groups -OCH3 is 1. The fourth-order valence-electron chi connectivity index (χ4n) is 1.39. The van der Waals surface area contributed by atoms with Gasteiger partial charge in [0.1, 0.15) is 11.9 Å². The third kappa shape index (κ3) is 2.74. The summed E-state index contributed by atoms with van der Waals surface area (Å²) in [5.41, 5.74) is 6.40. The largest absolute Gasteiger partial charge is 0.383 e. The summed E-state index contributed by atoms with van der Waals surface area (Å²) in [7, 11) is 1.54. The standard InChI is InChI=1S/C11H11BrFN3O2/c1-17-5-9(14)11-15-10(16-18-11)6-2-3-8(13)7(12)4-6/h2-4,9H,5,14H2,1H3. The molecule has 0 radical (unpaired) electrons. The molecule has 2 rings (SSSR count). The maximum Gasteiger partial charge on any atom is 0.246 e. The average Bonchev–Trinajstić information content (AvgIpc) is 2.82. The van der Waals surface area contributed by atoms with Crippen LogP contribution in [0, 0.1) is 5.82 Å². The van der Waals surface area contributed by atoms with E-state index in [0.717, 1.165) is 0 Å². The van der Waals surface area contributed by atoms with E-state index in [-0.39, 0.29) is 18.3 Å². The summed E-state index contributed by atoms with van der Waals surface area (Å²) in [6.45, 7) is 0.286. The molecule has 0 saturated heterocycles. The van der Waals surface area contributed by atoms with Crippen molar-refractivity contribution in [1.29, 1.82) is 0 Å². The lowest BCUT2D eigenvalue weighted by atomic mass is 10.2. The molecule has 96 valence electrons. The Kier molecular flexibility index (Phi) is 4.05. The Bertz CT molecular complexity index is 547. The highest BCUT2D eigenvalue weighted by atomic mass is 79.9. The van der Waals surface area contributed by atoms with E-state index in [1.54, 1.807) is 12.1 Å². The highest BCUT2D eigenvalue weighted by Crippen LogP contribution is 2.23. The molecule has 18 heavy (non-hydrogen) atoms. The molecule has 1 aromatic heterocycles. The molecule has 1 atom stereocenters. The number of ether oxygens (including phenoxy) is 1. The predicted molar refractivity (Wildman–Crippen MR) is 66.2 cm³/mol. The quantitative estimate of drug-likeness (QED) is 0.937. The van der Waals surface area contributed by atoms with Crippen LogP contribution in [0.1, 0.15) is 11.9 Å². The van der Waals surface area contributed by atoms with Gasteiger partial charge in [-0.25, -0.2) is 4.39 Å². The minimum Gasteiger partial charge on any atom is -0.383 e. The van der Waals surface area contributed by atoms with Gasteiger partial charge in [-0.1, -0.05) is 5.16 Å². The van der Waals surface area contributed by atoms with Crippen LogP contribution in [-0.2, 0) is 4.74 Å². The van der Waals surface area contributed by atoms with Crippen molar-refractivity contribution in [2.45, 2.75) is 6.04 Å². The summed E-state index contributed by atoms with van der Waals surface area (Å²) in [6, 6.07) is 3.99. The number of aromatic nitrogens is 2. The van der Waals surface area contributed by atoms with E-state index in [0.29, 0.717) is 15.9 Å². The van der Waals surface area contributed by atoms with Crippen LogP contribution < -0.4 is 5.73 Å². The molecule has 0 amide bonds. The maximum atomic E-state index is 13.1. The van der Waals surface area contributed by atoms with Gasteiger partial charge in [0.15, 0.2) is 0 Å². The predicted octanol–water partition coefficient (Wildman–Crippen LogP) is 2.28. The highest BCUT2D eigenvalue weighted by molar-refractivity contribution is 9.10. The van der Waals surface area contributed by atoms with Gasteiger partial charge in [-0.2, -0.15) is 4.98 Å². The van der Waals surface area contributed by atoms with Crippen LogP contribution in [0.5, 0.6) is 0 Å². The van der Waals surface area contributed by atoms with Crippen LogP contribution >= 0.6 is 15.9 Å². The van der Waals surface area contributed by atoms with Gasteiger partial charge >= 0.3 is 0 Å². The summed E-state index contributed by atoms with van der Waals surface area (Å²) in [5, 5.41) is 3.80. The lowest BCUT2D eigenvalue weighted by molar-refractivity contribution is 0.166. The van der Waals surface area contributed by atoms with Crippen LogP contribution in [0.4, 0.5) is 4.39 Å². The zero-order valence-electron chi connectivity index (χ0n) is 9.56. The topological polar surface area (TPSA) is 74.2 Å². The first kappa shape index (κ1) is 13.1. The van der Waals surface area contributed by atoms with Crippen molar-refractivity contribution in [3.8, 4) is 11.4 Å². The average molecular weight is 316 g/mol. The van der Waals surface area contributed by atoms with Crippen LogP contribution in [0.2, 0.25) is 0 Å². The minimum absolute atomic E-state index is 0.285. The van der Waals surface area contributed by atoms with Gasteiger partial charge in [-0.3, -0.25) is 0 Å². The van der Waals surface area contributed by atoms with Crippen molar-refractivity contribution in [1.82, 2.24) is 10.1 Å². The molecule has 1 heterocycles. The Morgan fingerprint density at radius 1 is 1.56 bits per heavy atom. The summed E-state index contributed by atoms with van der Waals surface area (Å²) in [4.78, 5) is 4.14. The molecular weight excluding hydrogens is 305 g/mol. The summed E-state index contributed by atoms with van der Waals surface area (Å²) in [6.07, 6.45) is 0. The second-order valence-electron chi connectivity index (χ2n) is 3.65. The van der Waals surface area contributed by atoms with E-state index in [9.17, 15) is 4.39 Å². The van der Waals surface area contributed by atoms with E-state index < -0.39 is 6.04 Å². The van der Waals surface area contributed by atoms with E-state index in [1.165, 1.54) is 13.2 Å². The minimum atomic E-state index is -0.472. The third-order valence-corrected chi connectivity index (χ3v) is 2.89. The van der Waals surface area contributed by atoms with Crippen molar-refractivity contribution in [3.63, 3.8) is 0 Å². The first-order valence-corrected chi connectivity index (χ1v) is 5.94. The lowest BCUT2D eigenvalue weighted by Gasteiger charge is -2.02. The summed E-state index contributed by atoms with van der Waals surface area (Å²) >= 11 is 3.10. The van der Waals surface area contributed by atoms with Crippen molar-refractivity contribution in [3.05, 3.63) is 34.4 Å². The van der Waals surface area contributed by atoms with Crippen LogP contribution in [0.25, 0.3) is 11.4 Å². The lowest BCUT2D eigenvalue weighted by Crippen LogP contribution is -2.16. The molecule has 1 aromatic carbocycles. The molecule has 0 saturated carbocycles. The second kappa shape index (κ2) is 5.55. The number of nitrogens with two attached hydrogens (primary N) is 1. The maximum absolute atomic E-state index is 13.1. The molecule has 7 heteroatoms. The van der Waals surface area contributed by atoms with Crippen molar-refractivity contribution in [2.75, 3.05) is 13.7 Å². The summed E-state index contributed by atoms with van der Waals surface area (Å²) < 4.78 is 23.4. The Balaban J connectivity index is 2.26. The van der Waals surface area contributed by atoms with E-state index in [2.05, 4.69) is 26.1 Å². The first-order valence-electron chi connectivity index (χ1n) is 5.15. The van der Waals surface area contributed by atoms with Gasteiger partial charge in [-0.15, -0.1) is 0 Å². The molecule has 0 aliphatic rings. The Labute approximate surface area is 111 Å². The molecule has 0 spiro atoms. The third-order valence-electron chi connectivity index (χ3n) is 2.28. The number of rotatable bonds is 4. The zero-order chi connectivity index (χ0) is 13.1. The molecule has 0 fully saturated rings. The molecule has 0 aliphatic heterocycles. The zero-order valence-corrected chi connectivity index (χ0v) is 11.1. The second-order valence-corrected chi connectivity index (χ2v) is 4.50. The number of halogens is 2. The Morgan fingerprint density at radius 2 is 2.33 bits per heavy atom. The number of hydrogen-bond acceptors (Lipinski definition) is 5. The number of hydrogen-bond donors (Lipinski definition) is 1. The van der Waals surface area contributed by atoms with Gasteiger partial charge in [0.25, 0.3) is 0 Å². The molecule has 1 unspecified atom stereocenters. The Morgan fingerprint density at radius 3 is 3.00 bits per heavy atom. The highest BCUT2D eigenvalue weighted by Gasteiger charge is 2.16. The Hall–Kier alpha value is -1.31. The fraction of sp³-hybridized carbons (Fsp3) is 0.273. The molecule has 0 bridgehead atoms. The van der Waals surface area contributed by atoms with Crippen LogP contribution in [-0.4, -0.2) is 23.9 Å². The molecule has 2 aromatic rings. The number of nitrogens with zero attached hydrogens (tertiary/aromatic N) is 2. The fourth-order valence-corrected chi connectivity index (χ4v) is 1.77. The normalized spacial score (nSPS) is 12.7. The van der Waals surface area contributed by atoms with Crippen LogP contribution in [0.3, 0.4) is 0 Å². The van der Waals surface area contributed by atoms with Crippen molar-refractivity contribution in [2.24, 2.45) is 5.73 Å². The van der Waals surface area contributed by atoms with Gasteiger partial charge in [0.2, 0.25) is 11.7 Å². The van der Waals surface area contributed by atoms with Crippen molar-refractivity contribution < 1.29 is 13.7 Å². The van der Waals surface area contributed by atoms with Gasteiger partial charge in [0, 0.05) is 12.7 Å². The van der Waals surface area contributed by atoms with Gasteiger partial charge in [-0.05, 0) is 34.1 Å². The monoisotopic (exact) mass is 315 g/mol. The number of benzene rings is 1. The van der Waals surface area contributed by atoms with Gasteiger partial charge in [0.05, 0.1) is 11.1 Å². The van der Waals surface area contributed by atoms with Gasteiger partial charge < -0.3 is 15.0 Å². The molecule has 5 nitrogen and oxygen atoms in total. The molecular formula is C11H11BrFN3O2. The molecule has 0 aliphatic carbocycles. The SMILES string of the molecule is COCC(N)c1nc(-c2ccc(F)c(Br)c2)no1.